The molecule has 0 saturated carbocycles. The summed E-state index contributed by atoms with van der Waals surface area (Å²) in [5, 5.41) is 6.09. The van der Waals surface area contributed by atoms with E-state index >= 15 is 0 Å². The van der Waals surface area contributed by atoms with E-state index in [1.807, 2.05) is 12.1 Å². The van der Waals surface area contributed by atoms with Crippen molar-refractivity contribution < 1.29 is 23.9 Å². The monoisotopic (exact) mass is 531 g/mol. The third-order valence-corrected chi connectivity index (χ3v) is 7.59. The number of esters is 2. The molecule has 1 saturated heterocycles. The number of carbonyl (C=O) groups is 3. The highest BCUT2D eigenvalue weighted by molar-refractivity contribution is 6.00. The van der Waals surface area contributed by atoms with E-state index in [1.54, 1.807) is 32.0 Å². The van der Waals surface area contributed by atoms with Crippen LogP contribution in [0.1, 0.15) is 56.1 Å². The predicted molar refractivity (Wildman–Crippen MR) is 150 cm³/mol. The van der Waals surface area contributed by atoms with Gasteiger partial charge in [-0.25, -0.2) is 9.59 Å². The quantitative estimate of drug-likeness (QED) is 0.485. The second-order valence-electron chi connectivity index (χ2n) is 10.1. The average molecular weight is 532 g/mol. The van der Waals surface area contributed by atoms with Crippen molar-refractivity contribution in [3.05, 3.63) is 88.3 Å². The standard InChI is InChI=1S/C31H37N3O5/c1-20-27(30(36)38-3)29(28(21(2)32-20)31(37)39-4)24-11-8-12-25(19-24)33-26(35)15-18-34-16-13-23(14-17-34)22-9-6-5-7-10-22/h5-12,19,23,29,32H,13-18H2,1-4H3,(H,33,35). The molecule has 0 spiro atoms. The van der Waals surface area contributed by atoms with E-state index in [-0.39, 0.29) is 5.91 Å². The van der Waals surface area contributed by atoms with Crippen molar-refractivity contribution in [2.45, 2.75) is 44.9 Å². The lowest BCUT2D eigenvalue weighted by molar-refractivity contribution is -0.137. The Morgan fingerprint density at radius 1 is 0.872 bits per heavy atom. The van der Waals surface area contributed by atoms with Crippen molar-refractivity contribution in [2.24, 2.45) is 0 Å². The van der Waals surface area contributed by atoms with E-state index in [0.29, 0.717) is 52.7 Å². The highest BCUT2D eigenvalue weighted by Crippen LogP contribution is 2.39. The molecule has 0 radical (unpaired) electrons. The molecule has 0 aromatic heterocycles. The van der Waals surface area contributed by atoms with Crippen molar-refractivity contribution in [1.29, 1.82) is 0 Å². The van der Waals surface area contributed by atoms with Crippen molar-refractivity contribution in [3.8, 4) is 0 Å². The summed E-state index contributed by atoms with van der Waals surface area (Å²) >= 11 is 0. The topological polar surface area (TPSA) is 97.0 Å². The van der Waals surface area contributed by atoms with Gasteiger partial charge in [0.1, 0.15) is 0 Å². The summed E-state index contributed by atoms with van der Waals surface area (Å²) in [6.45, 7) is 6.18. The minimum absolute atomic E-state index is 0.0810. The Bertz CT molecular complexity index is 1240. The number of dihydropyridines is 1. The summed E-state index contributed by atoms with van der Waals surface area (Å²) in [7, 11) is 2.62. The van der Waals surface area contributed by atoms with Gasteiger partial charge in [-0.1, -0.05) is 42.5 Å². The number of likely N-dealkylation sites (tertiary alicyclic amines) is 1. The van der Waals surface area contributed by atoms with Crippen LogP contribution in [-0.2, 0) is 23.9 Å². The summed E-state index contributed by atoms with van der Waals surface area (Å²) in [6.07, 6.45) is 2.57. The number of nitrogens with zero attached hydrogens (tertiary/aromatic N) is 1. The van der Waals surface area contributed by atoms with Gasteiger partial charge in [-0.15, -0.1) is 0 Å². The smallest absolute Gasteiger partial charge is 0.336 e. The van der Waals surface area contributed by atoms with Crippen molar-refractivity contribution in [1.82, 2.24) is 10.2 Å². The minimum atomic E-state index is -0.700. The molecule has 1 fully saturated rings. The third kappa shape index (κ3) is 6.57. The molecule has 4 rings (SSSR count). The summed E-state index contributed by atoms with van der Waals surface area (Å²) in [5.41, 5.74) is 4.52. The first-order valence-electron chi connectivity index (χ1n) is 13.3. The maximum absolute atomic E-state index is 12.9. The molecule has 0 aliphatic carbocycles. The highest BCUT2D eigenvalue weighted by Gasteiger charge is 2.37. The lowest BCUT2D eigenvalue weighted by atomic mass is 9.80. The number of anilines is 1. The number of nitrogens with one attached hydrogen (secondary N) is 2. The van der Waals surface area contributed by atoms with Crippen LogP contribution in [-0.4, -0.2) is 56.6 Å². The molecule has 2 aliphatic rings. The van der Waals surface area contributed by atoms with Crippen LogP contribution in [0.5, 0.6) is 0 Å². The first-order chi connectivity index (χ1) is 18.8. The first kappa shape index (κ1) is 28.1. The number of methoxy groups -OCH3 is 2. The molecule has 2 aliphatic heterocycles. The Kier molecular flexibility index (Phi) is 9.19. The molecule has 2 N–H and O–H groups in total. The van der Waals surface area contributed by atoms with Gasteiger partial charge in [0.05, 0.1) is 31.3 Å². The van der Waals surface area contributed by atoms with E-state index in [4.69, 9.17) is 9.47 Å². The normalized spacial score (nSPS) is 17.0. The minimum Gasteiger partial charge on any atom is -0.466 e. The number of allylic oxidation sites excluding steroid dienone is 2. The molecule has 0 unspecified atom stereocenters. The predicted octanol–water partition coefficient (Wildman–Crippen LogP) is 4.48. The molecule has 2 aromatic carbocycles. The number of amides is 1. The summed E-state index contributed by atoms with van der Waals surface area (Å²) < 4.78 is 10.1. The Labute approximate surface area is 230 Å². The van der Waals surface area contributed by atoms with E-state index in [9.17, 15) is 14.4 Å². The number of carbonyl (C=O) groups excluding carboxylic acids is 3. The van der Waals surface area contributed by atoms with Gasteiger partial charge in [0, 0.05) is 30.0 Å². The van der Waals surface area contributed by atoms with Gasteiger partial charge in [-0.3, -0.25) is 4.79 Å². The largest absolute Gasteiger partial charge is 0.466 e. The van der Waals surface area contributed by atoms with Crippen LogP contribution < -0.4 is 10.6 Å². The Morgan fingerprint density at radius 3 is 2.05 bits per heavy atom. The fourth-order valence-corrected chi connectivity index (χ4v) is 5.58. The number of hydrogen-bond acceptors (Lipinski definition) is 7. The highest BCUT2D eigenvalue weighted by atomic mass is 16.5. The third-order valence-electron chi connectivity index (χ3n) is 7.59. The van der Waals surface area contributed by atoms with Crippen LogP contribution in [0.25, 0.3) is 0 Å². The SMILES string of the molecule is COC(=O)C1=C(C)NC(C)=C(C(=O)OC)C1c1cccc(NC(=O)CCN2CCC(c3ccccc3)CC2)c1. The number of rotatable bonds is 8. The fraction of sp³-hybridized carbons (Fsp3) is 0.387. The van der Waals surface area contributed by atoms with Crippen LogP contribution in [0.2, 0.25) is 0 Å². The lowest BCUT2D eigenvalue weighted by Crippen LogP contribution is -2.35. The summed E-state index contributed by atoms with van der Waals surface area (Å²) in [4.78, 5) is 40.7. The van der Waals surface area contributed by atoms with Gasteiger partial charge >= 0.3 is 11.9 Å². The van der Waals surface area contributed by atoms with E-state index in [2.05, 4.69) is 39.8 Å². The maximum atomic E-state index is 12.9. The van der Waals surface area contributed by atoms with Crippen LogP contribution in [0.15, 0.2) is 77.1 Å². The van der Waals surface area contributed by atoms with E-state index < -0.39 is 17.9 Å². The first-order valence-corrected chi connectivity index (χ1v) is 13.3. The maximum Gasteiger partial charge on any atom is 0.336 e. The Morgan fingerprint density at radius 2 is 1.46 bits per heavy atom. The molecule has 1 amide bonds. The van der Waals surface area contributed by atoms with E-state index in [0.717, 1.165) is 25.9 Å². The van der Waals surface area contributed by atoms with Gasteiger partial charge in [0.25, 0.3) is 0 Å². The molecule has 2 aromatic rings. The van der Waals surface area contributed by atoms with Crippen molar-refractivity contribution in [2.75, 3.05) is 39.2 Å². The molecular weight excluding hydrogens is 494 g/mol. The molecule has 0 atom stereocenters. The van der Waals surface area contributed by atoms with Crippen LogP contribution in [0.4, 0.5) is 5.69 Å². The number of piperidine rings is 1. The average Bonchev–Trinajstić information content (AvgIpc) is 2.96. The molecule has 2 heterocycles. The van der Waals surface area contributed by atoms with Gasteiger partial charge in [0.15, 0.2) is 0 Å². The summed E-state index contributed by atoms with van der Waals surface area (Å²) in [6, 6.07) is 17.9. The summed E-state index contributed by atoms with van der Waals surface area (Å²) in [5.74, 6) is -1.28. The zero-order valence-corrected chi connectivity index (χ0v) is 23.1. The van der Waals surface area contributed by atoms with Gasteiger partial charge in [0.2, 0.25) is 5.91 Å². The molecular formula is C31H37N3O5. The number of benzene rings is 2. The lowest BCUT2D eigenvalue weighted by Gasteiger charge is -2.32. The van der Waals surface area contributed by atoms with Crippen LogP contribution >= 0.6 is 0 Å². The molecule has 206 valence electrons. The van der Waals surface area contributed by atoms with Crippen molar-refractivity contribution >= 4 is 23.5 Å². The molecule has 8 heteroatoms. The van der Waals surface area contributed by atoms with Gasteiger partial charge in [-0.05, 0) is 69.0 Å². The van der Waals surface area contributed by atoms with Crippen LogP contribution in [0.3, 0.4) is 0 Å². The molecule has 0 bridgehead atoms. The Balaban J connectivity index is 1.42. The van der Waals surface area contributed by atoms with Gasteiger partial charge in [-0.2, -0.15) is 0 Å². The zero-order valence-electron chi connectivity index (χ0n) is 23.1. The molecule has 39 heavy (non-hydrogen) atoms. The number of hydrogen-bond donors (Lipinski definition) is 2. The second kappa shape index (κ2) is 12.8. The Hall–Kier alpha value is -3.91. The number of ether oxygens (including phenoxy) is 2. The van der Waals surface area contributed by atoms with Gasteiger partial charge < -0.3 is 25.0 Å². The van der Waals surface area contributed by atoms with Crippen molar-refractivity contribution in [3.63, 3.8) is 0 Å². The fourth-order valence-electron chi connectivity index (χ4n) is 5.58. The second-order valence-corrected chi connectivity index (χ2v) is 10.1. The van der Waals surface area contributed by atoms with Crippen LogP contribution in [0, 0.1) is 0 Å². The molecule has 8 nitrogen and oxygen atoms in total. The zero-order chi connectivity index (χ0) is 27.9. The van der Waals surface area contributed by atoms with E-state index in [1.165, 1.54) is 19.8 Å².